The molecule has 1 heterocycles. The van der Waals surface area contributed by atoms with Crippen molar-refractivity contribution in [2.45, 2.75) is 36.8 Å². The predicted molar refractivity (Wildman–Crippen MR) is 138 cm³/mol. The van der Waals surface area contributed by atoms with Gasteiger partial charge in [0.15, 0.2) is 4.34 Å². The van der Waals surface area contributed by atoms with E-state index < -0.39 is 0 Å². The molecule has 33 heavy (non-hydrogen) atoms. The van der Waals surface area contributed by atoms with Crippen molar-refractivity contribution in [2.75, 3.05) is 10.6 Å². The van der Waals surface area contributed by atoms with E-state index in [2.05, 4.69) is 15.6 Å². The zero-order valence-electron chi connectivity index (χ0n) is 18.7. The van der Waals surface area contributed by atoms with Crippen LogP contribution in [0.15, 0.2) is 71.1 Å². The number of benzene rings is 3. The molecule has 168 valence electrons. The predicted octanol–water partition coefficient (Wildman–Crippen LogP) is 6.67. The number of carbonyl (C=O) groups is 2. The van der Waals surface area contributed by atoms with Crippen LogP contribution in [-0.4, -0.2) is 22.0 Å². The number of nitrogens with one attached hydrogen (secondary N) is 2. The fraction of sp³-hybridized carbons (Fsp3) is 0.192. The van der Waals surface area contributed by atoms with E-state index in [-0.39, 0.29) is 17.1 Å². The molecule has 5 nitrogen and oxygen atoms in total. The lowest BCUT2D eigenvalue weighted by Gasteiger charge is -2.13. The molecule has 1 aromatic heterocycles. The Morgan fingerprint density at radius 3 is 2.21 bits per heavy atom. The number of hydrogen-bond donors (Lipinski definition) is 2. The van der Waals surface area contributed by atoms with Gasteiger partial charge < -0.3 is 10.6 Å². The molecular weight excluding hydrogens is 450 g/mol. The van der Waals surface area contributed by atoms with Crippen molar-refractivity contribution in [3.05, 3.63) is 83.4 Å². The van der Waals surface area contributed by atoms with Gasteiger partial charge in [-0.05, 0) is 62.7 Å². The third kappa shape index (κ3) is 5.80. The first-order valence-corrected chi connectivity index (χ1v) is 12.4. The Kier molecular flexibility index (Phi) is 7.11. The summed E-state index contributed by atoms with van der Waals surface area (Å²) in [6, 6.07) is 20.9. The lowest BCUT2D eigenvalue weighted by Crippen LogP contribution is -2.24. The molecule has 0 fully saturated rings. The Morgan fingerprint density at radius 2 is 1.55 bits per heavy atom. The van der Waals surface area contributed by atoms with E-state index in [0.29, 0.717) is 12.0 Å². The van der Waals surface area contributed by atoms with Gasteiger partial charge in [0.1, 0.15) is 0 Å². The molecule has 0 bridgehead atoms. The number of hydrogen-bond acceptors (Lipinski definition) is 5. The van der Waals surface area contributed by atoms with Gasteiger partial charge in [-0.1, -0.05) is 54.1 Å². The summed E-state index contributed by atoms with van der Waals surface area (Å²) in [5.74, 6) is -0.177. The van der Waals surface area contributed by atoms with E-state index in [1.54, 1.807) is 0 Å². The van der Waals surface area contributed by atoms with Gasteiger partial charge in [-0.15, -0.1) is 11.3 Å². The Labute approximate surface area is 201 Å². The number of nitrogens with zero attached hydrogens (tertiary/aromatic N) is 1. The molecule has 7 heteroatoms. The number of fused-ring (bicyclic) bond motifs is 1. The maximum Gasteiger partial charge on any atom is 0.255 e. The highest BCUT2D eigenvalue weighted by Gasteiger charge is 2.20. The molecule has 0 aliphatic carbocycles. The second kappa shape index (κ2) is 10.2. The van der Waals surface area contributed by atoms with Gasteiger partial charge in [0, 0.05) is 16.9 Å². The zero-order valence-corrected chi connectivity index (χ0v) is 20.3. The molecule has 1 atom stereocenters. The zero-order chi connectivity index (χ0) is 23.4. The first-order chi connectivity index (χ1) is 15.9. The smallest absolute Gasteiger partial charge is 0.255 e. The van der Waals surface area contributed by atoms with Gasteiger partial charge in [-0.2, -0.15) is 0 Å². The summed E-state index contributed by atoms with van der Waals surface area (Å²) in [5, 5.41) is 5.70. The monoisotopic (exact) mass is 475 g/mol. The van der Waals surface area contributed by atoms with Crippen LogP contribution in [0, 0.1) is 13.8 Å². The molecule has 4 aromatic rings. The van der Waals surface area contributed by atoms with Gasteiger partial charge in [-0.25, -0.2) is 4.98 Å². The topological polar surface area (TPSA) is 71.1 Å². The van der Waals surface area contributed by atoms with Crippen LogP contribution in [0.2, 0.25) is 0 Å². The van der Waals surface area contributed by atoms with Crippen molar-refractivity contribution < 1.29 is 9.59 Å². The van der Waals surface area contributed by atoms with Crippen molar-refractivity contribution in [3.63, 3.8) is 0 Å². The molecule has 4 rings (SSSR count). The molecule has 2 amide bonds. The maximum atomic E-state index is 12.8. The maximum absolute atomic E-state index is 12.8. The number of amides is 2. The normalized spacial score (nSPS) is 11.8. The van der Waals surface area contributed by atoms with Crippen LogP contribution in [0.25, 0.3) is 10.2 Å². The molecule has 1 unspecified atom stereocenters. The van der Waals surface area contributed by atoms with Gasteiger partial charge in [0.2, 0.25) is 5.91 Å². The van der Waals surface area contributed by atoms with E-state index in [4.69, 9.17) is 0 Å². The van der Waals surface area contributed by atoms with Crippen LogP contribution in [0.4, 0.5) is 11.4 Å². The number of carbonyl (C=O) groups excluding carboxylic acids is 2. The Morgan fingerprint density at radius 1 is 0.909 bits per heavy atom. The number of thiazole rings is 1. The van der Waals surface area contributed by atoms with E-state index in [1.807, 2.05) is 87.5 Å². The average molecular weight is 476 g/mol. The van der Waals surface area contributed by atoms with Crippen LogP contribution < -0.4 is 10.6 Å². The standard InChI is InChI=1S/C26H25N3O2S2/c1-4-22(25(31)27-19-11-7-17(3)8-12-19)32-26-29-21-14-13-20(15-23(21)33-26)28-24(30)18-9-5-16(2)6-10-18/h5-15,22H,4H2,1-3H3,(H,27,31)(H,28,30). The van der Waals surface area contributed by atoms with Crippen LogP contribution in [-0.2, 0) is 4.79 Å². The SMILES string of the molecule is CCC(Sc1nc2ccc(NC(=O)c3ccc(C)cc3)cc2s1)C(=O)Nc1ccc(C)cc1. The lowest BCUT2D eigenvalue weighted by molar-refractivity contribution is -0.115. The minimum Gasteiger partial charge on any atom is -0.325 e. The van der Waals surface area contributed by atoms with Crippen molar-refractivity contribution in [2.24, 2.45) is 0 Å². The molecule has 0 saturated heterocycles. The largest absolute Gasteiger partial charge is 0.325 e. The first-order valence-electron chi connectivity index (χ1n) is 10.7. The fourth-order valence-electron chi connectivity index (χ4n) is 3.24. The minimum absolute atomic E-state index is 0.0309. The van der Waals surface area contributed by atoms with E-state index in [1.165, 1.54) is 23.1 Å². The Hall–Kier alpha value is -3.16. The summed E-state index contributed by atoms with van der Waals surface area (Å²) in [6.45, 7) is 6.01. The van der Waals surface area contributed by atoms with Gasteiger partial charge in [0.05, 0.1) is 15.5 Å². The van der Waals surface area contributed by atoms with Crippen molar-refractivity contribution in [3.8, 4) is 0 Å². The first kappa shape index (κ1) is 23.0. The lowest BCUT2D eigenvalue weighted by atomic mass is 10.1. The third-order valence-corrected chi connectivity index (χ3v) is 7.64. The Bertz CT molecular complexity index is 1280. The highest BCUT2D eigenvalue weighted by Crippen LogP contribution is 2.34. The molecule has 0 spiro atoms. The van der Waals surface area contributed by atoms with E-state index in [9.17, 15) is 9.59 Å². The summed E-state index contributed by atoms with van der Waals surface area (Å²) >= 11 is 3.00. The summed E-state index contributed by atoms with van der Waals surface area (Å²) in [5.41, 5.74) is 5.25. The van der Waals surface area contributed by atoms with Crippen molar-refractivity contribution in [1.29, 1.82) is 0 Å². The van der Waals surface area contributed by atoms with Gasteiger partial charge >= 0.3 is 0 Å². The number of anilines is 2. The molecule has 0 aliphatic rings. The Balaban J connectivity index is 1.44. The summed E-state index contributed by atoms with van der Waals surface area (Å²) < 4.78 is 1.80. The molecule has 3 aromatic carbocycles. The van der Waals surface area contributed by atoms with Gasteiger partial charge in [-0.3, -0.25) is 9.59 Å². The molecule has 0 radical (unpaired) electrons. The molecule has 0 saturated carbocycles. The van der Waals surface area contributed by atoms with Crippen LogP contribution >= 0.6 is 23.1 Å². The van der Waals surface area contributed by atoms with E-state index >= 15 is 0 Å². The number of thioether (sulfide) groups is 1. The highest BCUT2D eigenvalue weighted by molar-refractivity contribution is 8.02. The van der Waals surface area contributed by atoms with Crippen molar-refractivity contribution >= 4 is 56.5 Å². The number of rotatable bonds is 7. The molecule has 0 aliphatic heterocycles. The van der Waals surface area contributed by atoms with Crippen molar-refractivity contribution in [1.82, 2.24) is 4.98 Å². The molecule has 2 N–H and O–H groups in total. The second-order valence-corrected chi connectivity index (χ2v) is 10.3. The highest BCUT2D eigenvalue weighted by atomic mass is 32.2. The van der Waals surface area contributed by atoms with Gasteiger partial charge in [0.25, 0.3) is 5.91 Å². The van der Waals surface area contributed by atoms with Crippen LogP contribution in [0.1, 0.15) is 34.8 Å². The third-order valence-electron chi connectivity index (χ3n) is 5.17. The fourth-order valence-corrected chi connectivity index (χ4v) is 5.52. The van der Waals surface area contributed by atoms with Crippen LogP contribution in [0.5, 0.6) is 0 Å². The summed E-state index contributed by atoms with van der Waals surface area (Å²) in [7, 11) is 0. The molecular formula is C26H25N3O2S2. The van der Waals surface area contributed by atoms with E-state index in [0.717, 1.165) is 37.1 Å². The minimum atomic E-state index is -0.243. The second-order valence-electron chi connectivity index (χ2n) is 7.85. The summed E-state index contributed by atoms with van der Waals surface area (Å²) in [4.78, 5) is 30.0. The average Bonchev–Trinajstić information content (AvgIpc) is 3.21. The number of aryl methyl sites for hydroxylation is 2. The quantitative estimate of drug-likeness (QED) is 0.293. The number of aromatic nitrogens is 1. The summed E-state index contributed by atoms with van der Waals surface area (Å²) in [6.07, 6.45) is 0.691. The van der Waals surface area contributed by atoms with Crippen LogP contribution in [0.3, 0.4) is 0 Å².